The van der Waals surface area contributed by atoms with Crippen LogP contribution in [-0.2, 0) is 0 Å². The summed E-state index contributed by atoms with van der Waals surface area (Å²) in [4.78, 5) is 10.6. The number of hydrogen-bond acceptors (Lipinski definition) is 2. The molecule has 1 aromatic rings. The van der Waals surface area contributed by atoms with E-state index in [0.29, 0.717) is 5.69 Å². The number of benzene rings is 1. The number of carbonyl (C=O) groups is 1. The normalized spacial score (nSPS) is 15.3. The van der Waals surface area contributed by atoms with Gasteiger partial charge in [0.2, 0.25) is 0 Å². The number of anilines is 1. The summed E-state index contributed by atoms with van der Waals surface area (Å²) in [6, 6.07) is 4.12. The predicted octanol–water partition coefficient (Wildman–Crippen LogP) is 2.65. The fourth-order valence-electron chi connectivity index (χ4n) is 1.72. The van der Waals surface area contributed by atoms with E-state index in [1.165, 1.54) is 12.1 Å². The molecule has 2 rings (SSSR count). The number of carboxylic acid groups (broad SMARTS) is 1. The Morgan fingerprint density at radius 1 is 1.38 bits per heavy atom. The largest absolute Gasteiger partial charge is 0.478 e. The average Bonchev–Trinajstić information content (AvgIpc) is 2.73. The second kappa shape index (κ2) is 4.35. The molecule has 0 bridgehead atoms. The van der Waals surface area contributed by atoms with Crippen molar-refractivity contribution in [2.24, 2.45) is 0 Å². The Morgan fingerprint density at radius 2 is 2.06 bits per heavy atom. The van der Waals surface area contributed by atoms with E-state index in [1.54, 1.807) is 0 Å². The van der Waals surface area contributed by atoms with E-state index in [-0.39, 0.29) is 11.6 Å². The quantitative estimate of drug-likeness (QED) is 0.771. The van der Waals surface area contributed by atoms with Gasteiger partial charge in [0.05, 0.1) is 11.3 Å². The number of nitrogens with one attached hydrogen (secondary N) is 1. The van der Waals surface area contributed by atoms with Crippen molar-refractivity contribution in [1.82, 2.24) is 0 Å². The molecule has 0 radical (unpaired) electrons. The van der Waals surface area contributed by atoms with Crippen molar-refractivity contribution in [1.29, 1.82) is 0 Å². The standard InChI is InChI=1S/C12H12FNO2/c13-10-7-8(12(15)16)5-6-11(10)14-9-3-1-2-4-9/h1-2,5-7,9,14H,3-4H2,(H,15,16). The molecule has 2 N–H and O–H groups in total. The zero-order chi connectivity index (χ0) is 11.5. The van der Waals surface area contributed by atoms with E-state index in [4.69, 9.17) is 5.11 Å². The van der Waals surface area contributed by atoms with Crippen molar-refractivity contribution in [3.05, 3.63) is 41.7 Å². The Balaban J connectivity index is 2.12. The molecule has 0 aliphatic heterocycles. The molecule has 4 heteroatoms. The lowest BCUT2D eigenvalue weighted by molar-refractivity contribution is 0.0696. The second-order valence-corrected chi connectivity index (χ2v) is 3.78. The molecule has 0 saturated heterocycles. The third kappa shape index (κ3) is 2.21. The summed E-state index contributed by atoms with van der Waals surface area (Å²) in [5, 5.41) is 11.7. The lowest BCUT2D eigenvalue weighted by atomic mass is 10.1. The van der Waals surface area contributed by atoms with E-state index in [0.717, 1.165) is 18.9 Å². The molecule has 0 fully saturated rings. The molecule has 0 saturated carbocycles. The summed E-state index contributed by atoms with van der Waals surface area (Å²) in [6.07, 6.45) is 5.84. The van der Waals surface area contributed by atoms with Crippen LogP contribution in [0.3, 0.4) is 0 Å². The molecule has 84 valence electrons. The van der Waals surface area contributed by atoms with Crippen molar-refractivity contribution in [3.8, 4) is 0 Å². The summed E-state index contributed by atoms with van der Waals surface area (Å²) in [5.74, 6) is -1.64. The average molecular weight is 221 g/mol. The van der Waals surface area contributed by atoms with Gasteiger partial charge in [-0.1, -0.05) is 12.2 Å². The van der Waals surface area contributed by atoms with Crippen LogP contribution in [0, 0.1) is 5.82 Å². The SMILES string of the molecule is O=C(O)c1ccc(NC2CC=CC2)c(F)c1. The van der Waals surface area contributed by atoms with E-state index in [9.17, 15) is 9.18 Å². The van der Waals surface area contributed by atoms with Crippen LogP contribution in [0.2, 0.25) is 0 Å². The zero-order valence-electron chi connectivity index (χ0n) is 8.61. The minimum absolute atomic E-state index is 0.0346. The minimum Gasteiger partial charge on any atom is -0.478 e. The molecule has 0 unspecified atom stereocenters. The van der Waals surface area contributed by atoms with Gasteiger partial charge >= 0.3 is 5.97 Å². The molecular weight excluding hydrogens is 209 g/mol. The molecule has 3 nitrogen and oxygen atoms in total. The highest BCUT2D eigenvalue weighted by Gasteiger charge is 2.13. The van der Waals surface area contributed by atoms with E-state index in [2.05, 4.69) is 5.32 Å². The van der Waals surface area contributed by atoms with Crippen LogP contribution in [0.15, 0.2) is 30.4 Å². The molecule has 0 aromatic heterocycles. The number of halogens is 1. The van der Waals surface area contributed by atoms with Gasteiger partial charge in [0.1, 0.15) is 5.82 Å². The topological polar surface area (TPSA) is 49.3 Å². The molecule has 1 aliphatic carbocycles. The smallest absolute Gasteiger partial charge is 0.335 e. The predicted molar refractivity (Wildman–Crippen MR) is 59.1 cm³/mol. The Bertz CT molecular complexity index is 435. The van der Waals surface area contributed by atoms with E-state index >= 15 is 0 Å². The Hall–Kier alpha value is -1.84. The van der Waals surface area contributed by atoms with Gasteiger partial charge in [0.25, 0.3) is 0 Å². The van der Waals surface area contributed by atoms with E-state index in [1.807, 2.05) is 12.2 Å². The van der Waals surface area contributed by atoms with Gasteiger partial charge in [-0.05, 0) is 31.0 Å². The van der Waals surface area contributed by atoms with Crippen LogP contribution in [-0.4, -0.2) is 17.1 Å². The van der Waals surface area contributed by atoms with Crippen molar-refractivity contribution in [3.63, 3.8) is 0 Å². The highest BCUT2D eigenvalue weighted by molar-refractivity contribution is 5.88. The van der Waals surface area contributed by atoms with Crippen LogP contribution in [0.5, 0.6) is 0 Å². The lowest BCUT2D eigenvalue weighted by Crippen LogP contribution is -2.16. The molecule has 0 atom stereocenters. The first-order valence-corrected chi connectivity index (χ1v) is 5.11. The van der Waals surface area contributed by atoms with Crippen molar-refractivity contribution < 1.29 is 14.3 Å². The minimum atomic E-state index is -1.12. The highest BCUT2D eigenvalue weighted by atomic mass is 19.1. The fourth-order valence-corrected chi connectivity index (χ4v) is 1.72. The molecule has 16 heavy (non-hydrogen) atoms. The first-order valence-electron chi connectivity index (χ1n) is 5.11. The molecule has 1 aromatic carbocycles. The van der Waals surface area contributed by atoms with Crippen LogP contribution in [0.25, 0.3) is 0 Å². The van der Waals surface area contributed by atoms with Crippen molar-refractivity contribution in [2.75, 3.05) is 5.32 Å². The lowest BCUT2D eigenvalue weighted by Gasteiger charge is -2.14. The van der Waals surface area contributed by atoms with E-state index < -0.39 is 11.8 Å². The van der Waals surface area contributed by atoms with Crippen molar-refractivity contribution in [2.45, 2.75) is 18.9 Å². The summed E-state index contributed by atoms with van der Waals surface area (Å²) in [6.45, 7) is 0. The fraction of sp³-hybridized carbons (Fsp3) is 0.250. The van der Waals surface area contributed by atoms with Crippen LogP contribution in [0.1, 0.15) is 23.2 Å². The zero-order valence-corrected chi connectivity index (χ0v) is 8.61. The Kier molecular flexibility index (Phi) is 2.90. The molecule has 0 amide bonds. The maximum atomic E-state index is 13.5. The number of carboxylic acids is 1. The number of rotatable bonds is 3. The Labute approximate surface area is 92.6 Å². The molecule has 0 heterocycles. The second-order valence-electron chi connectivity index (χ2n) is 3.78. The van der Waals surface area contributed by atoms with Gasteiger partial charge in [-0.25, -0.2) is 9.18 Å². The van der Waals surface area contributed by atoms with Gasteiger partial charge in [-0.2, -0.15) is 0 Å². The maximum absolute atomic E-state index is 13.5. The highest BCUT2D eigenvalue weighted by Crippen LogP contribution is 2.20. The first kappa shape index (κ1) is 10.7. The maximum Gasteiger partial charge on any atom is 0.335 e. The molecular formula is C12H12FNO2. The van der Waals surface area contributed by atoms with Crippen LogP contribution >= 0.6 is 0 Å². The summed E-state index contributed by atoms with van der Waals surface area (Å²) in [5.41, 5.74) is 0.325. The number of hydrogen-bond donors (Lipinski definition) is 2. The van der Waals surface area contributed by atoms with Gasteiger partial charge in [-0.3, -0.25) is 0 Å². The summed E-state index contributed by atoms with van der Waals surface area (Å²) < 4.78 is 13.5. The van der Waals surface area contributed by atoms with Crippen molar-refractivity contribution >= 4 is 11.7 Å². The molecule has 0 spiro atoms. The number of aromatic carboxylic acids is 1. The van der Waals surface area contributed by atoms with Gasteiger partial charge in [-0.15, -0.1) is 0 Å². The molecule has 1 aliphatic rings. The van der Waals surface area contributed by atoms with Gasteiger partial charge in [0.15, 0.2) is 0 Å². The van der Waals surface area contributed by atoms with Crippen LogP contribution in [0.4, 0.5) is 10.1 Å². The third-order valence-corrected chi connectivity index (χ3v) is 2.58. The van der Waals surface area contributed by atoms with Gasteiger partial charge < -0.3 is 10.4 Å². The third-order valence-electron chi connectivity index (χ3n) is 2.58. The summed E-state index contributed by atoms with van der Waals surface area (Å²) in [7, 11) is 0. The summed E-state index contributed by atoms with van der Waals surface area (Å²) >= 11 is 0. The van der Waals surface area contributed by atoms with Gasteiger partial charge in [0, 0.05) is 6.04 Å². The van der Waals surface area contributed by atoms with Crippen LogP contribution < -0.4 is 5.32 Å². The monoisotopic (exact) mass is 221 g/mol. The Morgan fingerprint density at radius 3 is 2.62 bits per heavy atom. The first-order chi connectivity index (χ1) is 7.66.